The van der Waals surface area contributed by atoms with Crippen LogP contribution in [0.1, 0.15) is 12.8 Å². The molecule has 5 nitrogen and oxygen atoms in total. The Labute approximate surface area is 85.4 Å². The van der Waals surface area contributed by atoms with E-state index in [4.69, 9.17) is 11.5 Å². The van der Waals surface area contributed by atoms with Crippen LogP contribution < -0.4 is 11.5 Å². The average Bonchev–Trinajstić information content (AvgIpc) is 1.99. The number of nitrogens with zero attached hydrogens (tertiary/aromatic N) is 1. The van der Waals surface area contributed by atoms with Crippen molar-refractivity contribution < 1.29 is 18.4 Å². The van der Waals surface area contributed by atoms with Crippen LogP contribution in [0.5, 0.6) is 0 Å². The number of alkyl halides is 2. The summed E-state index contributed by atoms with van der Waals surface area (Å²) in [5.41, 5.74) is 10.0. The van der Waals surface area contributed by atoms with Gasteiger partial charge < -0.3 is 16.4 Å². The number of rotatable bonds is 4. The van der Waals surface area contributed by atoms with Crippen molar-refractivity contribution in [1.82, 2.24) is 4.90 Å². The number of carbonyl (C=O) groups is 2. The van der Waals surface area contributed by atoms with E-state index in [0.717, 1.165) is 0 Å². The summed E-state index contributed by atoms with van der Waals surface area (Å²) in [6.45, 7) is 0.377. The summed E-state index contributed by atoms with van der Waals surface area (Å²) < 4.78 is 24.1. The van der Waals surface area contributed by atoms with Gasteiger partial charge in [0, 0.05) is 13.0 Å². The van der Waals surface area contributed by atoms with E-state index in [1.807, 2.05) is 0 Å². The normalized spacial score (nSPS) is 22.4. The molecule has 0 spiro atoms. The SMILES string of the molecule is NC(=O)C1CCN1C(=O)CC(N)C(F)F. The second kappa shape index (κ2) is 4.52. The number of likely N-dealkylation sites (tertiary alicyclic amines) is 1. The van der Waals surface area contributed by atoms with Gasteiger partial charge in [0.15, 0.2) is 0 Å². The molecule has 0 radical (unpaired) electrons. The number of halogens is 2. The van der Waals surface area contributed by atoms with Gasteiger partial charge >= 0.3 is 0 Å². The predicted octanol–water partition coefficient (Wildman–Crippen LogP) is -0.945. The van der Waals surface area contributed by atoms with E-state index in [2.05, 4.69) is 0 Å². The number of primary amides is 1. The molecule has 0 aromatic carbocycles. The molecule has 86 valence electrons. The first-order chi connectivity index (χ1) is 6.93. The van der Waals surface area contributed by atoms with Crippen molar-refractivity contribution in [3.63, 3.8) is 0 Å². The van der Waals surface area contributed by atoms with Crippen molar-refractivity contribution in [2.75, 3.05) is 6.54 Å². The lowest BCUT2D eigenvalue weighted by Crippen LogP contribution is -2.58. The Hall–Kier alpha value is -1.24. The van der Waals surface area contributed by atoms with Gasteiger partial charge in [-0.1, -0.05) is 0 Å². The molecule has 1 saturated heterocycles. The molecule has 0 bridgehead atoms. The molecule has 0 aromatic heterocycles. The minimum atomic E-state index is -2.73. The van der Waals surface area contributed by atoms with Gasteiger partial charge in [0.25, 0.3) is 6.43 Å². The quantitative estimate of drug-likeness (QED) is 0.641. The fourth-order valence-corrected chi connectivity index (χ4v) is 1.39. The lowest BCUT2D eigenvalue weighted by molar-refractivity contribution is -0.146. The first kappa shape index (κ1) is 11.8. The molecule has 2 atom stereocenters. The molecule has 15 heavy (non-hydrogen) atoms. The van der Waals surface area contributed by atoms with E-state index in [-0.39, 0.29) is 0 Å². The maximum atomic E-state index is 12.0. The third-order valence-electron chi connectivity index (χ3n) is 2.40. The van der Waals surface area contributed by atoms with Crippen molar-refractivity contribution in [2.45, 2.75) is 31.4 Å². The van der Waals surface area contributed by atoms with Gasteiger partial charge in [-0.15, -0.1) is 0 Å². The lowest BCUT2D eigenvalue weighted by Gasteiger charge is -2.39. The van der Waals surface area contributed by atoms with E-state index < -0.39 is 36.7 Å². The first-order valence-electron chi connectivity index (χ1n) is 4.56. The Morgan fingerprint density at radius 1 is 1.47 bits per heavy atom. The topological polar surface area (TPSA) is 89.4 Å². The van der Waals surface area contributed by atoms with Crippen LogP contribution in [0.25, 0.3) is 0 Å². The van der Waals surface area contributed by atoms with Crippen LogP contribution in [0, 0.1) is 0 Å². The van der Waals surface area contributed by atoms with Crippen LogP contribution >= 0.6 is 0 Å². The van der Waals surface area contributed by atoms with Crippen LogP contribution in [-0.4, -0.2) is 41.8 Å². The molecule has 2 unspecified atom stereocenters. The van der Waals surface area contributed by atoms with E-state index in [9.17, 15) is 18.4 Å². The number of hydrogen-bond donors (Lipinski definition) is 2. The molecule has 0 aliphatic carbocycles. The van der Waals surface area contributed by atoms with Crippen LogP contribution in [-0.2, 0) is 9.59 Å². The molecule has 0 saturated carbocycles. The Morgan fingerprint density at radius 3 is 2.40 bits per heavy atom. The van der Waals surface area contributed by atoms with Gasteiger partial charge in [0.2, 0.25) is 11.8 Å². The fraction of sp³-hybridized carbons (Fsp3) is 0.750. The highest BCUT2D eigenvalue weighted by Gasteiger charge is 2.37. The molecule has 4 N–H and O–H groups in total. The van der Waals surface area contributed by atoms with Gasteiger partial charge in [0.1, 0.15) is 6.04 Å². The van der Waals surface area contributed by atoms with E-state index >= 15 is 0 Å². The number of nitrogens with two attached hydrogens (primary N) is 2. The minimum Gasteiger partial charge on any atom is -0.368 e. The van der Waals surface area contributed by atoms with E-state index in [0.29, 0.717) is 13.0 Å². The summed E-state index contributed by atoms with van der Waals surface area (Å²) in [4.78, 5) is 23.3. The van der Waals surface area contributed by atoms with Crippen molar-refractivity contribution >= 4 is 11.8 Å². The zero-order valence-electron chi connectivity index (χ0n) is 8.03. The fourth-order valence-electron chi connectivity index (χ4n) is 1.39. The smallest absolute Gasteiger partial charge is 0.253 e. The Bertz CT molecular complexity index is 273. The van der Waals surface area contributed by atoms with Crippen molar-refractivity contribution in [3.05, 3.63) is 0 Å². The highest BCUT2D eigenvalue weighted by Crippen LogP contribution is 2.19. The maximum absolute atomic E-state index is 12.0. The molecule has 1 aliphatic heterocycles. The zero-order chi connectivity index (χ0) is 11.6. The van der Waals surface area contributed by atoms with E-state index in [1.54, 1.807) is 0 Å². The van der Waals surface area contributed by atoms with Crippen LogP contribution in [0.2, 0.25) is 0 Å². The molecule has 1 rings (SSSR count). The van der Waals surface area contributed by atoms with Gasteiger partial charge in [0.05, 0.1) is 6.04 Å². The summed E-state index contributed by atoms with van der Waals surface area (Å²) in [7, 11) is 0. The van der Waals surface area contributed by atoms with Gasteiger partial charge in [-0.05, 0) is 6.42 Å². The molecular formula is C8H13F2N3O2. The monoisotopic (exact) mass is 221 g/mol. The maximum Gasteiger partial charge on any atom is 0.253 e. The summed E-state index contributed by atoms with van der Waals surface area (Å²) in [6, 6.07) is -2.13. The Kier molecular flexibility index (Phi) is 3.57. The third-order valence-corrected chi connectivity index (χ3v) is 2.40. The highest BCUT2D eigenvalue weighted by molar-refractivity contribution is 5.88. The number of amides is 2. The van der Waals surface area contributed by atoms with Crippen LogP contribution in [0.3, 0.4) is 0 Å². The summed E-state index contributed by atoms with van der Waals surface area (Å²) in [6.07, 6.45) is -2.70. The summed E-state index contributed by atoms with van der Waals surface area (Å²) >= 11 is 0. The molecule has 7 heteroatoms. The van der Waals surface area contributed by atoms with Gasteiger partial charge in [-0.3, -0.25) is 9.59 Å². The Morgan fingerprint density at radius 2 is 2.07 bits per heavy atom. The van der Waals surface area contributed by atoms with Gasteiger partial charge in [-0.2, -0.15) is 0 Å². The summed E-state index contributed by atoms with van der Waals surface area (Å²) in [5.74, 6) is -1.15. The second-order valence-electron chi connectivity index (χ2n) is 3.50. The van der Waals surface area contributed by atoms with Crippen molar-refractivity contribution in [3.8, 4) is 0 Å². The van der Waals surface area contributed by atoms with Gasteiger partial charge in [-0.25, -0.2) is 8.78 Å². The Balaban J connectivity index is 2.44. The largest absolute Gasteiger partial charge is 0.368 e. The minimum absolute atomic E-state index is 0.377. The summed E-state index contributed by atoms with van der Waals surface area (Å²) in [5, 5.41) is 0. The number of carbonyl (C=O) groups excluding carboxylic acids is 2. The second-order valence-corrected chi connectivity index (χ2v) is 3.50. The standard InChI is InChI=1S/C8H13F2N3O2/c9-7(10)4(11)3-6(14)13-2-1-5(13)8(12)15/h4-5,7H,1-3,11H2,(H2,12,15). The first-order valence-corrected chi connectivity index (χ1v) is 4.56. The molecular weight excluding hydrogens is 208 g/mol. The van der Waals surface area contributed by atoms with Crippen molar-refractivity contribution in [1.29, 1.82) is 0 Å². The molecule has 2 amide bonds. The molecule has 0 aromatic rings. The van der Waals surface area contributed by atoms with E-state index in [1.165, 1.54) is 4.90 Å². The number of hydrogen-bond acceptors (Lipinski definition) is 3. The molecule has 1 aliphatic rings. The molecule has 1 fully saturated rings. The average molecular weight is 221 g/mol. The highest BCUT2D eigenvalue weighted by atomic mass is 19.3. The van der Waals surface area contributed by atoms with Crippen molar-refractivity contribution in [2.24, 2.45) is 11.5 Å². The lowest BCUT2D eigenvalue weighted by atomic mass is 10.0. The van der Waals surface area contributed by atoms with Crippen LogP contribution in [0.15, 0.2) is 0 Å². The zero-order valence-corrected chi connectivity index (χ0v) is 8.03. The van der Waals surface area contributed by atoms with Crippen LogP contribution in [0.4, 0.5) is 8.78 Å². The third kappa shape index (κ3) is 2.62. The predicted molar refractivity (Wildman–Crippen MR) is 47.9 cm³/mol. The molecule has 1 heterocycles.